The topological polar surface area (TPSA) is 66.9 Å². The minimum Gasteiger partial charge on any atom is -0.332 e. The highest BCUT2D eigenvalue weighted by atomic mass is 32.1. The van der Waals surface area contributed by atoms with Crippen LogP contribution in [0.15, 0.2) is 78.4 Å². The monoisotopic (exact) mass is 414 g/mol. The van der Waals surface area contributed by atoms with Crippen LogP contribution >= 0.6 is 11.3 Å². The van der Waals surface area contributed by atoms with E-state index in [2.05, 4.69) is 51.8 Å². The number of nitrogens with one attached hydrogen (secondary N) is 2. The van der Waals surface area contributed by atoms with E-state index in [4.69, 9.17) is 0 Å². The molecule has 0 saturated heterocycles. The molecule has 0 aliphatic carbocycles. The number of nitrogens with zero attached hydrogens (tertiary/aromatic N) is 2. The van der Waals surface area contributed by atoms with E-state index < -0.39 is 0 Å². The molecule has 0 fully saturated rings. The predicted molar refractivity (Wildman–Crippen MR) is 123 cm³/mol. The molecule has 5 nitrogen and oxygen atoms in total. The maximum absolute atomic E-state index is 12.2. The summed E-state index contributed by atoms with van der Waals surface area (Å²) in [5, 5.41) is 9.09. The molecule has 150 valence electrons. The summed E-state index contributed by atoms with van der Waals surface area (Å²) in [5.74, 6) is 0.0122. The molecule has 2 N–H and O–H groups in total. The van der Waals surface area contributed by atoms with Gasteiger partial charge in [0.25, 0.3) is 0 Å². The van der Waals surface area contributed by atoms with Gasteiger partial charge in [-0.15, -0.1) is 11.3 Å². The Kier molecular flexibility index (Phi) is 6.15. The van der Waals surface area contributed by atoms with E-state index in [-0.39, 0.29) is 5.91 Å². The normalized spacial score (nSPS) is 10.6. The van der Waals surface area contributed by atoms with Crippen LogP contribution in [-0.4, -0.2) is 15.9 Å². The number of rotatable bonds is 7. The van der Waals surface area contributed by atoms with Crippen molar-refractivity contribution in [1.82, 2.24) is 9.97 Å². The van der Waals surface area contributed by atoms with Gasteiger partial charge in [0.2, 0.25) is 5.91 Å². The first kappa shape index (κ1) is 19.8. The van der Waals surface area contributed by atoms with Crippen molar-refractivity contribution < 1.29 is 4.79 Å². The van der Waals surface area contributed by atoms with Gasteiger partial charge in [0.1, 0.15) is 0 Å². The number of hydrogen-bond donors (Lipinski definition) is 2. The van der Waals surface area contributed by atoms with Crippen LogP contribution < -0.4 is 10.6 Å². The van der Waals surface area contributed by atoms with Crippen molar-refractivity contribution in [2.75, 3.05) is 10.6 Å². The number of anilines is 3. The fraction of sp³-hybridized carbons (Fsp3) is 0.125. The molecule has 0 atom stereocenters. The highest BCUT2D eigenvalue weighted by Gasteiger charge is 2.06. The van der Waals surface area contributed by atoms with Crippen molar-refractivity contribution in [3.8, 4) is 11.3 Å². The van der Waals surface area contributed by atoms with Gasteiger partial charge < -0.3 is 10.6 Å². The first-order valence-corrected chi connectivity index (χ1v) is 10.6. The molecule has 0 spiro atoms. The first-order valence-electron chi connectivity index (χ1n) is 9.74. The van der Waals surface area contributed by atoms with Crippen LogP contribution in [0.3, 0.4) is 0 Å². The standard InChI is InChI=1S/C24H22N4OS/c1-17-2-4-18(5-3-17)6-11-23(29)26-20-7-9-21(10-8-20)27-24-28-22(16-30-24)19-12-14-25-15-13-19/h2-5,7-10,12-16H,6,11H2,1H3,(H,26,29)(H,27,28). The summed E-state index contributed by atoms with van der Waals surface area (Å²) in [6.45, 7) is 2.06. The Balaban J connectivity index is 1.30. The van der Waals surface area contributed by atoms with Crippen LogP contribution in [0.2, 0.25) is 0 Å². The quantitative estimate of drug-likeness (QED) is 0.399. The van der Waals surface area contributed by atoms with Gasteiger partial charge in [-0.3, -0.25) is 9.78 Å². The van der Waals surface area contributed by atoms with Crippen molar-refractivity contribution in [3.05, 3.63) is 89.6 Å². The number of aromatic nitrogens is 2. The zero-order chi connectivity index (χ0) is 20.8. The van der Waals surface area contributed by atoms with Crippen LogP contribution in [0.1, 0.15) is 17.5 Å². The van der Waals surface area contributed by atoms with Crippen LogP contribution in [0.25, 0.3) is 11.3 Å². The number of pyridine rings is 1. The number of carbonyl (C=O) groups is 1. The molecule has 2 heterocycles. The van der Waals surface area contributed by atoms with Gasteiger partial charge in [-0.05, 0) is 55.3 Å². The minimum atomic E-state index is 0.0122. The molecule has 4 aromatic rings. The Labute approximate surface area is 179 Å². The van der Waals surface area contributed by atoms with E-state index in [9.17, 15) is 4.79 Å². The molecule has 0 radical (unpaired) electrons. The Morgan fingerprint density at radius 2 is 1.63 bits per heavy atom. The summed E-state index contributed by atoms with van der Waals surface area (Å²) in [6, 6.07) is 19.8. The van der Waals surface area contributed by atoms with E-state index in [1.165, 1.54) is 11.1 Å². The molecule has 1 amide bonds. The second kappa shape index (κ2) is 9.33. The van der Waals surface area contributed by atoms with Crippen molar-refractivity contribution >= 4 is 33.8 Å². The van der Waals surface area contributed by atoms with Gasteiger partial charge >= 0.3 is 0 Å². The fourth-order valence-electron chi connectivity index (χ4n) is 2.98. The van der Waals surface area contributed by atoms with Crippen LogP contribution in [-0.2, 0) is 11.2 Å². The zero-order valence-corrected chi connectivity index (χ0v) is 17.4. The molecule has 4 rings (SSSR count). The SMILES string of the molecule is Cc1ccc(CCC(=O)Nc2ccc(Nc3nc(-c4ccncc4)cs3)cc2)cc1. The van der Waals surface area contributed by atoms with Gasteiger partial charge in [-0.2, -0.15) is 0 Å². The van der Waals surface area contributed by atoms with Crippen LogP contribution in [0, 0.1) is 6.92 Å². The second-order valence-corrected chi connectivity index (χ2v) is 7.87. The van der Waals surface area contributed by atoms with Crippen molar-refractivity contribution in [3.63, 3.8) is 0 Å². The Morgan fingerprint density at radius 3 is 2.37 bits per heavy atom. The van der Waals surface area contributed by atoms with E-state index in [0.717, 1.165) is 34.2 Å². The molecule has 0 aliphatic rings. The first-order chi connectivity index (χ1) is 14.7. The molecular formula is C24H22N4OS. The highest BCUT2D eigenvalue weighted by Crippen LogP contribution is 2.27. The number of amides is 1. The van der Waals surface area contributed by atoms with Gasteiger partial charge in [-0.1, -0.05) is 29.8 Å². The van der Waals surface area contributed by atoms with E-state index in [1.54, 1.807) is 23.7 Å². The Hall–Kier alpha value is -3.51. The summed E-state index contributed by atoms with van der Waals surface area (Å²) in [6.07, 6.45) is 4.71. The molecule has 0 saturated carbocycles. The van der Waals surface area contributed by atoms with Crippen molar-refractivity contribution in [2.24, 2.45) is 0 Å². The molecule has 2 aromatic carbocycles. The van der Waals surface area contributed by atoms with E-state index in [1.807, 2.05) is 41.8 Å². The molecule has 0 unspecified atom stereocenters. The lowest BCUT2D eigenvalue weighted by Gasteiger charge is -2.07. The third-order valence-electron chi connectivity index (χ3n) is 4.66. The third kappa shape index (κ3) is 5.30. The van der Waals surface area contributed by atoms with E-state index in [0.29, 0.717) is 6.42 Å². The lowest BCUT2D eigenvalue weighted by molar-refractivity contribution is -0.116. The summed E-state index contributed by atoms with van der Waals surface area (Å²) in [7, 11) is 0. The Bertz CT molecular complexity index is 1110. The largest absolute Gasteiger partial charge is 0.332 e. The van der Waals surface area contributed by atoms with Crippen molar-refractivity contribution in [1.29, 1.82) is 0 Å². The number of carbonyl (C=O) groups excluding carboxylic acids is 1. The average molecular weight is 415 g/mol. The molecule has 0 aliphatic heterocycles. The minimum absolute atomic E-state index is 0.0122. The number of hydrogen-bond acceptors (Lipinski definition) is 5. The summed E-state index contributed by atoms with van der Waals surface area (Å²) in [5.41, 5.74) is 6.06. The van der Waals surface area contributed by atoms with E-state index >= 15 is 0 Å². The fourth-order valence-corrected chi connectivity index (χ4v) is 3.72. The maximum Gasteiger partial charge on any atom is 0.224 e. The smallest absolute Gasteiger partial charge is 0.224 e. The van der Waals surface area contributed by atoms with Crippen LogP contribution in [0.4, 0.5) is 16.5 Å². The molecular weight excluding hydrogens is 392 g/mol. The Morgan fingerprint density at radius 1 is 0.933 bits per heavy atom. The second-order valence-electron chi connectivity index (χ2n) is 7.01. The lowest BCUT2D eigenvalue weighted by Crippen LogP contribution is -2.12. The van der Waals surface area contributed by atoms with Gasteiger partial charge in [0.05, 0.1) is 5.69 Å². The maximum atomic E-state index is 12.2. The average Bonchev–Trinajstić information content (AvgIpc) is 3.24. The van der Waals surface area contributed by atoms with Gasteiger partial charge in [-0.25, -0.2) is 4.98 Å². The number of thiazole rings is 1. The lowest BCUT2D eigenvalue weighted by atomic mass is 10.1. The summed E-state index contributed by atoms with van der Waals surface area (Å²) < 4.78 is 0. The summed E-state index contributed by atoms with van der Waals surface area (Å²) >= 11 is 1.55. The van der Waals surface area contributed by atoms with Gasteiger partial charge in [0.15, 0.2) is 5.13 Å². The third-order valence-corrected chi connectivity index (χ3v) is 5.42. The molecule has 2 aromatic heterocycles. The zero-order valence-electron chi connectivity index (χ0n) is 16.6. The molecule has 30 heavy (non-hydrogen) atoms. The van der Waals surface area contributed by atoms with Gasteiger partial charge in [0, 0.05) is 41.1 Å². The van der Waals surface area contributed by atoms with Crippen LogP contribution in [0.5, 0.6) is 0 Å². The molecule has 6 heteroatoms. The highest BCUT2D eigenvalue weighted by molar-refractivity contribution is 7.14. The molecule has 0 bridgehead atoms. The van der Waals surface area contributed by atoms with Crippen molar-refractivity contribution in [2.45, 2.75) is 19.8 Å². The number of benzene rings is 2. The summed E-state index contributed by atoms with van der Waals surface area (Å²) in [4.78, 5) is 20.9. The predicted octanol–water partition coefficient (Wildman–Crippen LogP) is 5.83. The number of aryl methyl sites for hydroxylation is 2.